The number of halogens is 1. The molecule has 0 heterocycles. The predicted molar refractivity (Wildman–Crippen MR) is 95.3 cm³/mol. The molecule has 0 aliphatic heterocycles. The van der Waals surface area contributed by atoms with E-state index in [-0.39, 0.29) is 12.5 Å². The number of aliphatic carboxylic acids is 1. The number of hydrogen-bond donors (Lipinski definition) is 3. The molecule has 0 spiro atoms. The van der Waals surface area contributed by atoms with Gasteiger partial charge in [-0.05, 0) is 31.7 Å². The Morgan fingerprint density at radius 1 is 1.48 bits per heavy atom. The molecule has 0 amide bonds. The molecule has 0 aromatic heterocycles. The fourth-order valence-electron chi connectivity index (χ4n) is 1.44. The van der Waals surface area contributed by atoms with Gasteiger partial charge in [-0.1, -0.05) is 23.7 Å². The van der Waals surface area contributed by atoms with Crippen LogP contribution in [0.25, 0.3) is 0 Å². The molecule has 1 atom stereocenters. The lowest BCUT2D eigenvalue weighted by atomic mass is 10.2. The molecule has 4 N–H and O–H groups in total. The van der Waals surface area contributed by atoms with Crippen molar-refractivity contribution in [2.24, 2.45) is 5.73 Å². The smallest absolute Gasteiger partial charge is 0.328 e. The predicted octanol–water partition coefficient (Wildman–Crippen LogP) is 2.38. The third-order valence-electron chi connectivity index (χ3n) is 2.64. The molecule has 0 bridgehead atoms. The standard InChI is InChI=1S/C13H18ClNO2S.C2H5NO2/c1-9-5-4-6-11(14)12(9)15-10(2)13(16)17-7-8-18-3;3-1-2(4)5/h4-6,10,15H,7-8H2,1-3H3;1,3H2,(H,4,5)/t10-;/m0./s1. The highest BCUT2D eigenvalue weighted by atomic mass is 35.5. The summed E-state index contributed by atoms with van der Waals surface area (Å²) in [4.78, 5) is 21.0. The lowest BCUT2D eigenvalue weighted by Crippen LogP contribution is -2.29. The first kappa shape index (κ1) is 21.6. The van der Waals surface area contributed by atoms with E-state index in [4.69, 9.17) is 21.4 Å². The average Bonchev–Trinajstić information content (AvgIpc) is 2.51. The van der Waals surface area contributed by atoms with Crippen LogP contribution in [0.3, 0.4) is 0 Å². The van der Waals surface area contributed by atoms with Gasteiger partial charge in [0.2, 0.25) is 0 Å². The Morgan fingerprint density at radius 3 is 2.57 bits per heavy atom. The normalized spacial score (nSPS) is 11.0. The number of carboxylic acids is 1. The van der Waals surface area contributed by atoms with E-state index in [1.54, 1.807) is 24.8 Å². The number of thioether (sulfide) groups is 1. The number of anilines is 1. The lowest BCUT2D eigenvalue weighted by Gasteiger charge is -2.17. The monoisotopic (exact) mass is 362 g/mol. The maximum Gasteiger partial charge on any atom is 0.328 e. The summed E-state index contributed by atoms with van der Waals surface area (Å²) in [5.74, 6) is -0.419. The number of esters is 1. The topological polar surface area (TPSA) is 102 Å². The van der Waals surface area contributed by atoms with E-state index >= 15 is 0 Å². The minimum absolute atomic E-state index is 0.261. The van der Waals surface area contributed by atoms with Crippen LogP contribution in [0.1, 0.15) is 12.5 Å². The second-order valence-corrected chi connectivity index (χ2v) is 5.95. The van der Waals surface area contributed by atoms with Gasteiger partial charge in [-0.25, -0.2) is 4.79 Å². The number of rotatable bonds is 7. The second-order valence-electron chi connectivity index (χ2n) is 4.56. The zero-order valence-corrected chi connectivity index (χ0v) is 15.0. The van der Waals surface area contributed by atoms with Gasteiger partial charge in [-0.3, -0.25) is 4.79 Å². The van der Waals surface area contributed by atoms with Crippen LogP contribution in [0.4, 0.5) is 5.69 Å². The molecule has 130 valence electrons. The molecule has 0 radical (unpaired) electrons. The molecule has 1 aromatic carbocycles. The molecule has 6 nitrogen and oxygen atoms in total. The molecular formula is C15H23ClN2O4S. The molecule has 0 unspecified atom stereocenters. The molecule has 0 aliphatic rings. The quantitative estimate of drug-likeness (QED) is 0.505. The maximum absolute atomic E-state index is 11.7. The molecule has 0 aliphatic carbocycles. The third kappa shape index (κ3) is 9.32. The Morgan fingerprint density at radius 2 is 2.09 bits per heavy atom. The lowest BCUT2D eigenvalue weighted by molar-refractivity contribution is -0.143. The molecule has 8 heteroatoms. The summed E-state index contributed by atoms with van der Waals surface area (Å²) < 4.78 is 5.13. The summed E-state index contributed by atoms with van der Waals surface area (Å²) in [6, 6.07) is 5.21. The summed E-state index contributed by atoms with van der Waals surface area (Å²) in [5, 5.41) is 11.3. The van der Waals surface area contributed by atoms with Gasteiger partial charge < -0.3 is 20.9 Å². The van der Waals surface area contributed by atoms with Gasteiger partial charge in [0.15, 0.2) is 0 Å². The van der Waals surface area contributed by atoms with E-state index in [0.29, 0.717) is 11.6 Å². The van der Waals surface area contributed by atoms with Crippen LogP contribution in [0, 0.1) is 6.92 Å². The molecule has 0 saturated heterocycles. The number of ether oxygens (including phenoxy) is 1. The largest absolute Gasteiger partial charge is 0.480 e. The minimum Gasteiger partial charge on any atom is -0.480 e. The highest BCUT2D eigenvalue weighted by Crippen LogP contribution is 2.25. The molecule has 23 heavy (non-hydrogen) atoms. The number of para-hydroxylation sites is 1. The van der Waals surface area contributed by atoms with Gasteiger partial charge in [0.25, 0.3) is 0 Å². The van der Waals surface area contributed by atoms with Crippen LogP contribution in [0.5, 0.6) is 0 Å². The minimum atomic E-state index is -0.968. The molecule has 1 aromatic rings. The fraction of sp³-hybridized carbons (Fsp3) is 0.467. The van der Waals surface area contributed by atoms with Crippen molar-refractivity contribution < 1.29 is 19.4 Å². The number of nitrogens with two attached hydrogens (primary N) is 1. The number of hydrogen-bond acceptors (Lipinski definition) is 6. The fourth-order valence-corrected chi connectivity index (χ4v) is 1.97. The van der Waals surface area contributed by atoms with Crippen molar-refractivity contribution in [3.63, 3.8) is 0 Å². The third-order valence-corrected chi connectivity index (χ3v) is 3.53. The molecule has 0 saturated carbocycles. The van der Waals surface area contributed by atoms with Crippen molar-refractivity contribution in [1.29, 1.82) is 0 Å². The summed E-state index contributed by atoms with van der Waals surface area (Å²) in [5.41, 5.74) is 6.36. The van der Waals surface area contributed by atoms with Gasteiger partial charge in [0.05, 0.1) is 17.3 Å². The van der Waals surface area contributed by atoms with Crippen molar-refractivity contribution in [2.45, 2.75) is 19.9 Å². The van der Waals surface area contributed by atoms with E-state index < -0.39 is 12.0 Å². The molecule has 0 fully saturated rings. The average molecular weight is 363 g/mol. The van der Waals surface area contributed by atoms with Crippen molar-refractivity contribution in [1.82, 2.24) is 0 Å². The highest BCUT2D eigenvalue weighted by molar-refractivity contribution is 7.98. The van der Waals surface area contributed by atoms with Gasteiger partial charge in [-0.2, -0.15) is 11.8 Å². The first-order valence-electron chi connectivity index (χ1n) is 6.92. The van der Waals surface area contributed by atoms with Crippen LogP contribution in [-0.4, -0.2) is 48.2 Å². The van der Waals surface area contributed by atoms with Crippen LogP contribution in [0.15, 0.2) is 18.2 Å². The Balaban J connectivity index is 0.000000841. The van der Waals surface area contributed by atoms with Gasteiger partial charge in [-0.15, -0.1) is 0 Å². The second kappa shape index (κ2) is 12.0. The SMILES string of the molecule is CSCCOC(=O)[C@H](C)Nc1c(C)cccc1Cl.NCC(=O)O. The summed E-state index contributed by atoms with van der Waals surface area (Å²) in [6.45, 7) is 3.87. The summed E-state index contributed by atoms with van der Waals surface area (Å²) in [6.07, 6.45) is 1.97. The van der Waals surface area contributed by atoms with Crippen molar-refractivity contribution in [2.75, 3.05) is 30.5 Å². The van der Waals surface area contributed by atoms with E-state index in [1.165, 1.54) is 0 Å². The Bertz CT molecular complexity index is 494. The number of carbonyl (C=O) groups excluding carboxylic acids is 1. The van der Waals surface area contributed by atoms with Crippen molar-refractivity contribution in [3.8, 4) is 0 Å². The number of carbonyl (C=O) groups is 2. The highest BCUT2D eigenvalue weighted by Gasteiger charge is 2.16. The number of nitrogens with one attached hydrogen (secondary N) is 1. The number of aryl methyl sites for hydroxylation is 1. The van der Waals surface area contributed by atoms with Gasteiger partial charge in [0.1, 0.15) is 12.6 Å². The van der Waals surface area contributed by atoms with Crippen LogP contribution in [-0.2, 0) is 14.3 Å². The summed E-state index contributed by atoms with van der Waals surface area (Å²) >= 11 is 7.73. The maximum atomic E-state index is 11.7. The number of benzene rings is 1. The van der Waals surface area contributed by atoms with Crippen LogP contribution < -0.4 is 11.1 Å². The van der Waals surface area contributed by atoms with Crippen LogP contribution in [0.2, 0.25) is 5.02 Å². The Hall–Kier alpha value is -1.44. The first-order chi connectivity index (χ1) is 10.8. The first-order valence-corrected chi connectivity index (χ1v) is 8.69. The molecular weight excluding hydrogens is 340 g/mol. The van der Waals surface area contributed by atoms with Gasteiger partial charge >= 0.3 is 11.9 Å². The summed E-state index contributed by atoms with van der Waals surface area (Å²) in [7, 11) is 0. The van der Waals surface area contributed by atoms with Crippen molar-refractivity contribution in [3.05, 3.63) is 28.8 Å². The van der Waals surface area contributed by atoms with E-state index in [0.717, 1.165) is 17.0 Å². The molecule has 1 rings (SSSR count). The zero-order chi connectivity index (χ0) is 17.8. The number of carboxylic acid groups (broad SMARTS) is 1. The van der Waals surface area contributed by atoms with E-state index in [2.05, 4.69) is 11.1 Å². The van der Waals surface area contributed by atoms with Crippen LogP contribution >= 0.6 is 23.4 Å². The van der Waals surface area contributed by atoms with Gasteiger partial charge in [0, 0.05) is 5.75 Å². The van der Waals surface area contributed by atoms with Crippen molar-refractivity contribution >= 4 is 41.0 Å². The zero-order valence-electron chi connectivity index (χ0n) is 13.5. The van der Waals surface area contributed by atoms with E-state index in [1.807, 2.05) is 25.3 Å². The Kier molecular flexibility index (Phi) is 11.3. The van der Waals surface area contributed by atoms with E-state index in [9.17, 15) is 9.59 Å². The Labute approximate surface area is 145 Å².